The number of amides is 4. The predicted octanol–water partition coefficient (Wildman–Crippen LogP) is 1.14. The zero-order chi connectivity index (χ0) is 18.2. The van der Waals surface area contributed by atoms with Gasteiger partial charge in [0.1, 0.15) is 18.6 Å². The number of alkyl halides is 3. The first kappa shape index (κ1) is 17.2. The summed E-state index contributed by atoms with van der Waals surface area (Å²) in [4.78, 5) is 37.1. The highest BCUT2D eigenvalue weighted by Crippen LogP contribution is 2.33. The van der Waals surface area contributed by atoms with E-state index in [1.807, 2.05) is 24.3 Å². The number of hydrogen-bond acceptors (Lipinski definition) is 3. The van der Waals surface area contributed by atoms with Gasteiger partial charge >= 0.3 is 12.2 Å². The minimum absolute atomic E-state index is 0.300. The molecule has 134 valence electrons. The van der Waals surface area contributed by atoms with Crippen molar-refractivity contribution in [1.29, 1.82) is 0 Å². The highest BCUT2D eigenvalue weighted by molar-refractivity contribution is 6.09. The average Bonchev–Trinajstić information content (AvgIpc) is 2.76. The van der Waals surface area contributed by atoms with E-state index in [-0.39, 0.29) is 0 Å². The molecule has 1 aromatic carbocycles. The lowest BCUT2D eigenvalue weighted by Crippen LogP contribution is -2.51. The highest BCUT2D eigenvalue weighted by Gasteiger charge is 2.52. The molecular formula is C16H16F3N3O3. The summed E-state index contributed by atoms with van der Waals surface area (Å²) in [6.45, 7) is -2.24. The Bertz CT molecular complexity index is 735. The van der Waals surface area contributed by atoms with E-state index in [0.29, 0.717) is 24.2 Å². The van der Waals surface area contributed by atoms with Gasteiger partial charge in [0.25, 0.3) is 5.91 Å². The Morgan fingerprint density at radius 3 is 2.60 bits per heavy atom. The quantitative estimate of drug-likeness (QED) is 0.799. The third-order valence-electron chi connectivity index (χ3n) is 4.47. The summed E-state index contributed by atoms with van der Waals surface area (Å²) in [5.74, 6) is -1.61. The zero-order valence-corrected chi connectivity index (χ0v) is 13.2. The molecule has 0 saturated carbocycles. The summed E-state index contributed by atoms with van der Waals surface area (Å²) in [5, 5.41) is 4.28. The van der Waals surface area contributed by atoms with E-state index in [0.717, 1.165) is 11.1 Å². The van der Waals surface area contributed by atoms with Crippen molar-refractivity contribution < 1.29 is 27.6 Å². The zero-order valence-electron chi connectivity index (χ0n) is 13.2. The van der Waals surface area contributed by atoms with Gasteiger partial charge in [-0.1, -0.05) is 24.3 Å². The largest absolute Gasteiger partial charge is 0.405 e. The molecule has 1 saturated heterocycles. The van der Waals surface area contributed by atoms with Crippen LogP contribution in [0.4, 0.5) is 18.0 Å². The summed E-state index contributed by atoms with van der Waals surface area (Å²) in [6.07, 6.45) is -3.28. The van der Waals surface area contributed by atoms with E-state index in [9.17, 15) is 27.6 Å². The molecular weight excluding hydrogens is 339 g/mol. The van der Waals surface area contributed by atoms with Crippen LogP contribution in [0.5, 0.6) is 0 Å². The first-order valence-electron chi connectivity index (χ1n) is 7.74. The monoisotopic (exact) mass is 355 g/mol. The van der Waals surface area contributed by atoms with Crippen LogP contribution in [0.3, 0.4) is 0 Å². The van der Waals surface area contributed by atoms with Crippen LogP contribution in [0.15, 0.2) is 24.3 Å². The van der Waals surface area contributed by atoms with E-state index in [4.69, 9.17) is 0 Å². The van der Waals surface area contributed by atoms with Crippen molar-refractivity contribution in [3.8, 4) is 0 Å². The third kappa shape index (κ3) is 3.45. The lowest BCUT2D eigenvalue weighted by atomic mass is 9.78. The second-order valence-electron chi connectivity index (χ2n) is 6.24. The maximum absolute atomic E-state index is 12.7. The van der Waals surface area contributed by atoms with Crippen LogP contribution in [0.2, 0.25) is 0 Å². The molecule has 2 aliphatic rings. The SMILES string of the molecule is O=C(CN1C(=O)N[C@]2(CCc3ccccc3C2)C1=O)NCC(F)(F)F. The predicted molar refractivity (Wildman–Crippen MR) is 80.5 cm³/mol. The molecule has 1 aliphatic heterocycles. The molecule has 1 aromatic rings. The Labute approximate surface area is 141 Å². The van der Waals surface area contributed by atoms with Gasteiger partial charge in [-0.25, -0.2) is 4.79 Å². The van der Waals surface area contributed by atoms with Crippen molar-refractivity contribution in [2.75, 3.05) is 13.1 Å². The maximum atomic E-state index is 12.7. The van der Waals surface area contributed by atoms with Crippen molar-refractivity contribution in [1.82, 2.24) is 15.5 Å². The summed E-state index contributed by atoms with van der Waals surface area (Å²) in [7, 11) is 0. The normalized spacial score (nSPS) is 22.8. The number of urea groups is 1. The van der Waals surface area contributed by atoms with Crippen LogP contribution >= 0.6 is 0 Å². The molecule has 3 rings (SSSR count). The first-order chi connectivity index (χ1) is 11.7. The van der Waals surface area contributed by atoms with E-state index >= 15 is 0 Å². The molecule has 2 N–H and O–H groups in total. The van der Waals surface area contributed by atoms with Gasteiger partial charge in [0.15, 0.2) is 0 Å². The molecule has 9 heteroatoms. The van der Waals surface area contributed by atoms with Gasteiger partial charge < -0.3 is 10.6 Å². The summed E-state index contributed by atoms with van der Waals surface area (Å²) < 4.78 is 36.4. The Morgan fingerprint density at radius 1 is 1.24 bits per heavy atom. The van der Waals surface area contributed by atoms with Gasteiger partial charge in [-0.15, -0.1) is 0 Å². The number of hydrogen-bond donors (Lipinski definition) is 2. The molecule has 0 radical (unpaired) electrons. The summed E-state index contributed by atoms with van der Waals surface area (Å²) in [5.41, 5.74) is 0.901. The van der Waals surface area contributed by atoms with Gasteiger partial charge in [0, 0.05) is 6.42 Å². The van der Waals surface area contributed by atoms with Gasteiger partial charge in [-0.2, -0.15) is 13.2 Å². The minimum atomic E-state index is -4.55. The van der Waals surface area contributed by atoms with Gasteiger partial charge in [0.05, 0.1) is 0 Å². The van der Waals surface area contributed by atoms with Crippen LogP contribution in [-0.4, -0.2) is 47.6 Å². The van der Waals surface area contributed by atoms with Crippen LogP contribution < -0.4 is 10.6 Å². The van der Waals surface area contributed by atoms with Crippen molar-refractivity contribution in [2.24, 2.45) is 0 Å². The third-order valence-corrected chi connectivity index (χ3v) is 4.47. The van der Waals surface area contributed by atoms with Gasteiger partial charge in [-0.3, -0.25) is 14.5 Å². The molecule has 0 aromatic heterocycles. The Morgan fingerprint density at radius 2 is 1.92 bits per heavy atom. The molecule has 1 atom stereocenters. The van der Waals surface area contributed by atoms with Crippen LogP contribution in [-0.2, 0) is 22.4 Å². The highest BCUT2D eigenvalue weighted by atomic mass is 19.4. The molecule has 1 fully saturated rings. The first-order valence-corrected chi connectivity index (χ1v) is 7.74. The molecule has 1 heterocycles. The van der Waals surface area contributed by atoms with Crippen LogP contribution in [0.1, 0.15) is 17.5 Å². The maximum Gasteiger partial charge on any atom is 0.405 e. The van der Waals surface area contributed by atoms with Gasteiger partial charge in [0.2, 0.25) is 5.91 Å². The molecule has 6 nitrogen and oxygen atoms in total. The number of halogens is 3. The molecule has 1 aliphatic carbocycles. The Balaban J connectivity index is 1.70. The van der Waals surface area contributed by atoms with Crippen molar-refractivity contribution in [3.63, 3.8) is 0 Å². The number of carbonyl (C=O) groups is 3. The molecule has 4 amide bonds. The van der Waals surface area contributed by atoms with Crippen LogP contribution in [0.25, 0.3) is 0 Å². The fraction of sp³-hybridized carbons (Fsp3) is 0.438. The number of rotatable bonds is 3. The van der Waals surface area contributed by atoms with E-state index in [2.05, 4.69) is 5.32 Å². The van der Waals surface area contributed by atoms with E-state index in [1.54, 1.807) is 5.32 Å². The number of carbonyl (C=O) groups excluding carboxylic acids is 3. The Hall–Kier alpha value is -2.58. The number of fused-ring (bicyclic) bond motifs is 1. The summed E-state index contributed by atoms with van der Waals surface area (Å²) in [6, 6.07) is 6.79. The molecule has 25 heavy (non-hydrogen) atoms. The van der Waals surface area contributed by atoms with Crippen molar-refractivity contribution >= 4 is 17.8 Å². The average molecular weight is 355 g/mol. The van der Waals surface area contributed by atoms with Crippen molar-refractivity contribution in [3.05, 3.63) is 35.4 Å². The van der Waals surface area contributed by atoms with E-state index in [1.165, 1.54) is 0 Å². The van der Waals surface area contributed by atoms with E-state index < -0.39 is 42.7 Å². The number of nitrogens with one attached hydrogen (secondary N) is 2. The number of benzene rings is 1. The second-order valence-corrected chi connectivity index (χ2v) is 6.24. The van der Waals surface area contributed by atoms with Gasteiger partial charge in [-0.05, 0) is 24.0 Å². The standard InChI is InChI=1S/C16H16F3N3O3/c17-16(18,19)9-20-12(23)8-22-13(24)15(21-14(22)25)6-5-10-3-1-2-4-11(10)7-15/h1-4H,5-9H2,(H,20,23)(H,21,25)/t15-/m0/s1. The second kappa shape index (κ2) is 6.05. The number of nitrogens with zero attached hydrogens (tertiary/aromatic N) is 1. The Kier molecular flexibility index (Phi) is 4.18. The molecule has 0 unspecified atom stereocenters. The molecule has 0 bridgehead atoms. The topological polar surface area (TPSA) is 78.5 Å². The van der Waals surface area contributed by atoms with Crippen molar-refractivity contribution in [2.45, 2.75) is 31.0 Å². The summed E-state index contributed by atoms with van der Waals surface area (Å²) >= 11 is 0. The fourth-order valence-electron chi connectivity index (χ4n) is 3.24. The molecule has 1 spiro atoms. The van der Waals surface area contributed by atoms with Crippen LogP contribution in [0, 0.1) is 0 Å². The number of imide groups is 1. The number of aryl methyl sites for hydroxylation is 1. The fourth-order valence-corrected chi connectivity index (χ4v) is 3.24. The minimum Gasteiger partial charge on any atom is -0.345 e. The lowest BCUT2D eigenvalue weighted by molar-refractivity contribution is -0.141. The lowest BCUT2D eigenvalue weighted by Gasteiger charge is -2.32. The smallest absolute Gasteiger partial charge is 0.345 e.